The highest BCUT2D eigenvalue weighted by Gasteiger charge is 2.25. The Balaban J connectivity index is 1.82. The first-order valence-electron chi connectivity index (χ1n) is 10.1. The van der Waals surface area contributed by atoms with Crippen molar-refractivity contribution in [3.05, 3.63) is 24.3 Å². The largest absolute Gasteiger partial charge is 0.484 e. The van der Waals surface area contributed by atoms with Gasteiger partial charge < -0.3 is 15.0 Å². The predicted molar refractivity (Wildman–Crippen MR) is 109 cm³/mol. The Morgan fingerprint density at radius 2 is 1.59 bits per heavy atom. The van der Waals surface area contributed by atoms with E-state index in [0.29, 0.717) is 5.75 Å². The van der Waals surface area contributed by atoms with Gasteiger partial charge in [-0.1, -0.05) is 52.9 Å². The van der Waals surface area contributed by atoms with E-state index in [0.717, 1.165) is 18.5 Å². The molecule has 5 nitrogen and oxygen atoms in total. The Hall–Kier alpha value is -2.04. The molecule has 150 valence electrons. The molecule has 1 aromatic rings. The molecule has 27 heavy (non-hydrogen) atoms. The summed E-state index contributed by atoms with van der Waals surface area (Å²) in [6, 6.07) is 7.55. The molecule has 5 heteroatoms. The van der Waals surface area contributed by atoms with E-state index in [1.54, 1.807) is 24.1 Å². The van der Waals surface area contributed by atoms with Gasteiger partial charge in [0, 0.05) is 24.2 Å². The summed E-state index contributed by atoms with van der Waals surface area (Å²) in [5, 5.41) is 3.10. The fourth-order valence-electron chi connectivity index (χ4n) is 3.41. The van der Waals surface area contributed by atoms with E-state index in [2.05, 4.69) is 5.32 Å². The van der Waals surface area contributed by atoms with E-state index in [-0.39, 0.29) is 24.5 Å². The van der Waals surface area contributed by atoms with E-state index in [9.17, 15) is 9.59 Å². The molecule has 0 aromatic heterocycles. The fraction of sp³-hybridized carbons (Fsp3) is 0.636. The minimum atomic E-state index is -0.432. The molecule has 0 saturated heterocycles. The van der Waals surface area contributed by atoms with Gasteiger partial charge in [-0.15, -0.1) is 0 Å². The molecule has 1 aliphatic rings. The van der Waals surface area contributed by atoms with Crippen molar-refractivity contribution in [3.8, 4) is 5.75 Å². The molecular weight excluding hydrogens is 340 g/mol. The summed E-state index contributed by atoms with van der Waals surface area (Å²) < 4.78 is 5.61. The van der Waals surface area contributed by atoms with Crippen molar-refractivity contribution >= 4 is 17.5 Å². The average molecular weight is 375 g/mol. The smallest absolute Gasteiger partial charge is 0.258 e. The van der Waals surface area contributed by atoms with Gasteiger partial charge in [-0.05, 0) is 37.1 Å². The van der Waals surface area contributed by atoms with Crippen LogP contribution in [-0.4, -0.2) is 31.5 Å². The van der Waals surface area contributed by atoms with Crippen LogP contribution in [0.1, 0.15) is 65.7 Å². The van der Waals surface area contributed by atoms with Gasteiger partial charge in [0.1, 0.15) is 5.75 Å². The molecule has 0 bridgehead atoms. The van der Waals surface area contributed by atoms with E-state index in [1.807, 2.05) is 32.9 Å². The maximum Gasteiger partial charge on any atom is 0.258 e. The van der Waals surface area contributed by atoms with Gasteiger partial charge in [0.25, 0.3) is 5.91 Å². The van der Waals surface area contributed by atoms with E-state index < -0.39 is 5.41 Å². The zero-order chi connectivity index (χ0) is 19.9. The molecule has 0 spiro atoms. The lowest BCUT2D eigenvalue weighted by atomic mass is 9.95. The third-order valence-corrected chi connectivity index (χ3v) is 5.01. The number of ether oxygens (including phenoxy) is 1. The highest BCUT2D eigenvalue weighted by molar-refractivity contribution is 5.96. The van der Waals surface area contributed by atoms with Crippen LogP contribution in [0.3, 0.4) is 0 Å². The molecule has 1 aliphatic carbocycles. The monoisotopic (exact) mass is 374 g/mol. The van der Waals surface area contributed by atoms with Crippen LogP contribution in [0.4, 0.5) is 5.69 Å². The van der Waals surface area contributed by atoms with Crippen LogP contribution in [0.15, 0.2) is 24.3 Å². The summed E-state index contributed by atoms with van der Waals surface area (Å²) >= 11 is 0. The molecule has 0 aliphatic heterocycles. The Morgan fingerprint density at radius 3 is 2.15 bits per heavy atom. The number of carbonyl (C=O) groups is 2. The molecular formula is C22H34N2O3. The van der Waals surface area contributed by atoms with Gasteiger partial charge in [0.05, 0.1) is 0 Å². The molecule has 1 aromatic carbocycles. The van der Waals surface area contributed by atoms with Crippen molar-refractivity contribution < 1.29 is 14.3 Å². The molecule has 1 N–H and O–H groups in total. The molecule has 0 heterocycles. The van der Waals surface area contributed by atoms with Gasteiger partial charge in [-0.2, -0.15) is 0 Å². The number of nitrogens with zero attached hydrogens (tertiary/aromatic N) is 1. The number of rotatable bonds is 5. The second-order valence-electron chi connectivity index (χ2n) is 8.51. The molecule has 2 amide bonds. The van der Waals surface area contributed by atoms with Crippen molar-refractivity contribution in [1.29, 1.82) is 0 Å². The first kappa shape index (κ1) is 21.3. The van der Waals surface area contributed by atoms with Crippen LogP contribution in [0.5, 0.6) is 5.75 Å². The standard InChI is InChI=1S/C22H34N2O3/c1-22(2,3)21(26)24(4)18-12-14-19(15-13-18)27-16-20(25)23-17-10-8-6-5-7-9-11-17/h12-15,17H,5-11,16H2,1-4H3,(H,23,25). The number of amides is 2. The number of nitrogens with one attached hydrogen (secondary N) is 1. The SMILES string of the molecule is CN(C(=O)C(C)(C)C)c1ccc(OCC(=O)NC2CCCCCCC2)cc1. The second kappa shape index (κ2) is 9.77. The van der Waals surface area contributed by atoms with Crippen LogP contribution in [0.25, 0.3) is 0 Å². The van der Waals surface area contributed by atoms with E-state index in [4.69, 9.17) is 4.74 Å². The summed E-state index contributed by atoms with van der Waals surface area (Å²) in [5.74, 6) is 0.614. The van der Waals surface area contributed by atoms with Gasteiger partial charge in [-0.3, -0.25) is 9.59 Å². The van der Waals surface area contributed by atoms with Gasteiger partial charge in [0.15, 0.2) is 6.61 Å². The lowest BCUT2D eigenvalue weighted by molar-refractivity contribution is -0.125. The van der Waals surface area contributed by atoms with Crippen molar-refractivity contribution in [2.45, 2.75) is 71.8 Å². The highest BCUT2D eigenvalue weighted by Crippen LogP contribution is 2.24. The lowest BCUT2D eigenvalue weighted by Gasteiger charge is -2.26. The zero-order valence-corrected chi connectivity index (χ0v) is 17.2. The average Bonchev–Trinajstić information content (AvgIpc) is 2.60. The summed E-state index contributed by atoms with van der Waals surface area (Å²) in [7, 11) is 1.77. The topological polar surface area (TPSA) is 58.6 Å². The van der Waals surface area contributed by atoms with Gasteiger partial charge >= 0.3 is 0 Å². The summed E-state index contributed by atoms with van der Waals surface area (Å²) in [6.45, 7) is 5.72. The third-order valence-electron chi connectivity index (χ3n) is 5.01. The van der Waals surface area contributed by atoms with Crippen LogP contribution < -0.4 is 15.0 Å². The van der Waals surface area contributed by atoms with Crippen molar-refractivity contribution in [3.63, 3.8) is 0 Å². The molecule has 2 rings (SSSR count). The van der Waals surface area contributed by atoms with Crippen molar-refractivity contribution in [2.24, 2.45) is 5.41 Å². The van der Waals surface area contributed by atoms with Crippen molar-refractivity contribution in [1.82, 2.24) is 5.32 Å². The second-order valence-corrected chi connectivity index (χ2v) is 8.51. The first-order valence-corrected chi connectivity index (χ1v) is 10.1. The number of carbonyl (C=O) groups excluding carboxylic acids is 2. The first-order chi connectivity index (χ1) is 12.8. The number of hydrogen-bond acceptors (Lipinski definition) is 3. The van der Waals surface area contributed by atoms with Crippen molar-refractivity contribution in [2.75, 3.05) is 18.6 Å². The van der Waals surface area contributed by atoms with Crippen LogP contribution in [0.2, 0.25) is 0 Å². The van der Waals surface area contributed by atoms with E-state index in [1.165, 1.54) is 32.1 Å². The van der Waals surface area contributed by atoms with Gasteiger partial charge in [-0.25, -0.2) is 0 Å². The molecule has 1 fully saturated rings. The summed E-state index contributed by atoms with van der Waals surface area (Å²) in [4.78, 5) is 26.2. The molecule has 0 radical (unpaired) electrons. The molecule has 0 unspecified atom stereocenters. The Kier molecular flexibility index (Phi) is 7.69. The number of hydrogen-bond donors (Lipinski definition) is 1. The maximum atomic E-state index is 12.3. The van der Waals surface area contributed by atoms with Crippen LogP contribution in [-0.2, 0) is 9.59 Å². The predicted octanol–water partition coefficient (Wildman–Crippen LogP) is 4.30. The minimum absolute atomic E-state index is 0.0204. The minimum Gasteiger partial charge on any atom is -0.484 e. The Labute approximate surface area is 163 Å². The quantitative estimate of drug-likeness (QED) is 0.836. The highest BCUT2D eigenvalue weighted by atomic mass is 16.5. The molecule has 0 atom stereocenters. The summed E-state index contributed by atoms with van der Waals surface area (Å²) in [5.41, 5.74) is 0.375. The number of benzene rings is 1. The Morgan fingerprint density at radius 1 is 1.04 bits per heavy atom. The number of anilines is 1. The zero-order valence-electron chi connectivity index (χ0n) is 17.2. The van der Waals surface area contributed by atoms with Crippen LogP contribution in [0, 0.1) is 5.41 Å². The third kappa shape index (κ3) is 6.89. The fourth-order valence-corrected chi connectivity index (χ4v) is 3.41. The maximum absolute atomic E-state index is 12.3. The Bertz CT molecular complexity index is 611. The normalized spacial score (nSPS) is 16.1. The van der Waals surface area contributed by atoms with E-state index >= 15 is 0 Å². The van der Waals surface area contributed by atoms with Crippen LogP contribution >= 0.6 is 0 Å². The van der Waals surface area contributed by atoms with Gasteiger partial charge in [0.2, 0.25) is 5.91 Å². The lowest BCUT2D eigenvalue weighted by Crippen LogP contribution is -2.38. The summed E-state index contributed by atoms with van der Waals surface area (Å²) in [6.07, 6.45) is 8.35. The molecule has 1 saturated carbocycles.